The number of rotatable bonds is 9. The first-order chi connectivity index (χ1) is 9.58. The first kappa shape index (κ1) is 18.0. The van der Waals surface area contributed by atoms with Gasteiger partial charge in [0.05, 0.1) is 0 Å². The molecule has 1 fully saturated rings. The molecule has 1 N–H and O–H groups in total. The SMILES string of the molecule is CCCNC(CC(C)CCC)C1CCC(C(C)C)CC1. The molecule has 0 aromatic rings. The third kappa shape index (κ3) is 6.16. The molecular formula is C19H39N. The molecule has 0 radical (unpaired) electrons. The van der Waals surface area contributed by atoms with Crippen LogP contribution in [0, 0.1) is 23.7 Å². The van der Waals surface area contributed by atoms with Crippen molar-refractivity contribution in [2.75, 3.05) is 6.54 Å². The lowest BCUT2D eigenvalue weighted by atomic mass is 9.73. The summed E-state index contributed by atoms with van der Waals surface area (Å²) in [5.41, 5.74) is 0. The van der Waals surface area contributed by atoms with Crippen LogP contribution in [-0.2, 0) is 0 Å². The standard InChI is InChI=1S/C19H39N/c1-6-8-16(5)14-19(20-13-7-2)18-11-9-17(10-12-18)15(3)4/h15-20H,6-14H2,1-5H3. The first-order valence-corrected chi connectivity index (χ1v) is 9.31. The monoisotopic (exact) mass is 281 g/mol. The molecule has 1 saturated carbocycles. The van der Waals surface area contributed by atoms with Gasteiger partial charge in [0.1, 0.15) is 0 Å². The zero-order valence-corrected chi connectivity index (χ0v) is 14.8. The Balaban J connectivity index is 2.46. The summed E-state index contributed by atoms with van der Waals surface area (Å²) in [5.74, 6) is 3.70. The minimum Gasteiger partial charge on any atom is -0.314 e. The average molecular weight is 282 g/mol. The highest BCUT2D eigenvalue weighted by molar-refractivity contribution is 4.84. The highest BCUT2D eigenvalue weighted by Crippen LogP contribution is 2.36. The van der Waals surface area contributed by atoms with E-state index in [-0.39, 0.29) is 0 Å². The van der Waals surface area contributed by atoms with Gasteiger partial charge in [-0.2, -0.15) is 0 Å². The Morgan fingerprint density at radius 2 is 1.50 bits per heavy atom. The van der Waals surface area contributed by atoms with Crippen LogP contribution in [-0.4, -0.2) is 12.6 Å². The van der Waals surface area contributed by atoms with Crippen LogP contribution in [0.4, 0.5) is 0 Å². The molecule has 120 valence electrons. The predicted molar refractivity (Wildman–Crippen MR) is 91.1 cm³/mol. The van der Waals surface area contributed by atoms with Crippen LogP contribution < -0.4 is 5.32 Å². The van der Waals surface area contributed by atoms with E-state index in [4.69, 9.17) is 0 Å². The van der Waals surface area contributed by atoms with Crippen molar-refractivity contribution in [2.24, 2.45) is 23.7 Å². The number of hydrogen-bond acceptors (Lipinski definition) is 1. The summed E-state index contributed by atoms with van der Waals surface area (Å²) in [4.78, 5) is 0. The molecule has 0 aromatic carbocycles. The Labute approximate surface area is 128 Å². The van der Waals surface area contributed by atoms with Crippen molar-refractivity contribution in [1.82, 2.24) is 5.32 Å². The van der Waals surface area contributed by atoms with E-state index in [9.17, 15) is 0 Å². The van der Waals surface area contributed by atoms with Crippen LogP contribution >= 0.6 is 0 Å². The largest absolute Gasteiger partial charge is 0.314 e. The topological polar surface area (TPSA) is 12.0 Å². The van der Waals surface area contributed by atoms with Crippen molar-refractivity contribution in [1.29, 1.82) is 0 Å². The lowest BCUT2D eigenvalue weighted by molar-refractivity contribution is 0.174. The van der Waals surface area contributed by atoms with E-state index in [1.54, 1.807) is 0 Å². The number of hydrogen-bond donors (Lipinski definition) is 1. The van der Waals surface area contributed by atoms with Crippen molar-refractivity contribution >= 4 is 0 Å². The van der Waals surface area contributed by atoms with E-state index in [1.807, 2.05) is 0 Å². The molecule has 0 saturated heterocycles. The van der Waals surface area contributed by atoms with Gasteiger partial charge < -0.3 is 5.32 Å². The van der Waals surface area contributed by atoms with Crippen LogP contribution in [0.15, 0.2) is 0 Å². The van der Waals surface area contributed by atoms with Crippen LogP contribution in [0.25, 0.3) is 0 Å². The maximum Gasteiger partial charge on any atom is 0.00978 e. The highest BCUT2D eigenvalue weighted by Gasteiger charge is 2.29. The summed E-state index contributed by atoms with van der Waals surface area (Å²) in [6.45, 7) is 13.1. The Morgan fingerprint density at radius 3 is 2.00 bits per heavy atom. The minimum atomic E-state index is 0.782. The van der Waals surface area contributed by atoms with Crippen molar-refractivity contribution in [3.8, 4) is 0 Å². The van der Waals surface area contributed by atoms with Gasteiger partial charge in [0, 0.05) is 6.04 Å². The Kier molecular flexibility index (Phi) is 8.84. The molecule has 0 heterocycles. The maximum absolute atomic E-state index is 3.87. The van der Waals surface area contributed by atoms with Gasteiger partial charge in [-0.25, -0.2) is 0 Å². The first-order valence-electron chi connectivity index (χ1n) is 9.31. The maximum atomic E-state index is 3.87. The van der Waals surface area contributed by atoms with E-state index < -0.39 is 0 Å². The zero-order valence-electron chi connectivity index (χ0n) is 14.8. The van der Waals surface area contributed by atoms with Crippen molar-refractivity contribution in [2.45, 2.75) is 92.0 Å². The minimum absolute atomic E-state index is 0.782. The highest BCUT2D eigenvalue weighted by atomic mass is 14.9. The number of nitrogens with one attached hydrogen (secondary N) is 1. The van der Waals surface area contributed by atoms with Crippen LogP contribution in [0.1, 0.15) is 86.0 Å². The zero-order chi connectivity index (χ0) is 15.0. The van der Waals surface area contributed by atoms with Gasteiger partial charge in [-0.3, -0.25) is 0 Å². The average Bonchev–Trinajstić information content (AvgIpc) is 2.44. The van der Waals surface area contributed by atoms with E-state index in [1.165, 1.54) is 57.9 Å². The van der Waals surface area contributed by atoms with Crippen molar-refractivity contribution in [3.05, 3.63) is 0 Å². The molecule has 1 aliphatic rings. The summed E-state index contributed by atoms with van der Waals surface area (Å²) in [6.07, 6.45) is 11.2. The molecule has 1 nitrogen and oxygen atoms in total. The second-order valence-corrected chi connectivity index (χ2v) is 7.61. The van der Waals surface area contributed by atoms with E-state index >= 15 is 0 Å². The second-order valence-electron chi connectivity index (χ2n) is 7.61. The van der Waals surface area contributed by atoms with Gasteiger partial charge in [-0.1, -0.05) is 47.5 Å². The van der Waals surface area contributed by atoms with Gasteiger partial charge in [0.25, 0.3) is 0 Å². The molecule has 0 amide bonds. The van der Waals surface area contributed by atoms with Crippen LogP contribution in [0.3, 0.4) is 0 Å². The van der Waals surface area contributed by atoms with Crippen molar-refractivity contribution < 1.29 is 0 Å². The molecule has 0 aliphatic heterocycles. The van der Waals surface area contributed by atoms with Gasteiger partial charge in [0.2, 0.25) is 0 Å². The lowest BCUT2D eigenvalue weighted by Gasteiger charge is -2.37. The van der Waals surface area contributed by atoms with Gasteiger partial charge >= 0.3 is 0 Å². The molecule has 0 bridgehead atoms. The molecule has 0 spiro atoms. The third-order valence-corrected chi connectivity index (χ3v) is 5.42. The Morgan fingerprint density at radius 1 is 0.900 bits per heavy atom. The molecule has 20 heavy (non-hydrogen) atoms. The summed E-state index contributed by atoms with van der Waals surface area (Å²) in [5, 5.41) is 3.87. The molecule has 2 atom stereocenters. The molecular weight excluding hydrogens is 242 g/mol. The summed E-state index contributed by atoms with van der Waals surface area (Å²) < 4.78 is 0. The molecule has 0 aromatic heterocycles. The van der Waals surface area contributed by atoms with Gasteiger partial charge in [-0.15, -0.1) is 0 Å². The summed E-state index contributed by atoms with van der Waals surface area (Å²) in [7, 11) is 0. The molecule has 2 unspecified atom stereocenters. The fourth-order valence-electron chi connectivity index (χ4n) is 4.03. The van der Waals surface area contributed by atoms with E-state index in [2.05, 4.69) is 39.9 Å². The van der Waals surface area contributed by atoms with Crippen molar-refractivity contribution in [3.63, 3.8) is 0 Å². The Bertz CT molecular complexity index is 228. The fourth-order valence-corrected chi connectivity index (χ4v) is 4.03. The van der Waals surface area contributed by atoms with Crippen LogP contribution in [0.5, 0.6) is 0 Å². The summed E-state index contributed by atoms with van der Waals surface area (Å²) in [6, 6.07) is 0.782. The molecule has 1 heteroatoms. The predicted octanol–water partition coefficient (Wildman–Crippen LogP) is 5.64. The smallest absolute Gasteiger partial charge is 0.00978 e. The summed E-state index contributed by atoms with van der Waals surface area (Å²) >= 11 is 0. The normalized spacial score (nSPS) is 26.7. The van der Waals surface area contributed by atoms with E-state index in [0.29, 0.717) is 0 Å². The third-order valence-electron chi connectivity index (χ3n) is 5.42. The van der Waals surface area contributed by atoms with Crippen LogP contribution in [0.2, 0.25) is 0 Å². The fraction of sp³-hybridized carbons (Fsp3) is 1.00. The quantitative estimate of drug-likeness (QED) is 0.576. The lowest BCUT2D eigenvalue weighted by Crippen LogP contribution is -2.40. The Hall–Kier alpha value is -0.0400. The molecule has 1 rings (SSSR count). The van der Waals surface area contributed by atoms with Gasteiger partial charge in [-0.05, 0) is 68.7 Å². The van der Waals surface area contributed by atoms with Gasteiger partial charge in [0.15, 0.2) is 0 Å². The second kappa shape index (κ2) is 9.82. The molecule has 1 aliphatic carbocycles. The van der Waals surface area contributed by atoms with E-state index in [0.717, 1.165) is 29.7 Å².